The van der Waals surface area contributed by atoms with Crippen molar-refractivity contribution in [3.8, 4) is 5.75 Å². The fourth-order valence-corrected chi connectivity index (χ4v) is 1.87. The van der Waals surface area contributed by atoms with Gasteiger partial charge in [-0.25, -0.2) is 13.2 Å². The second-order valence-electron chi connectivity index (χ2n) is 3.18. The van der Waals surface area contributed by atoms with Gasteiger partial charge in [0.05, 0.1) is 24.2 Å². The number of aliphatic hydroxyl groups excluding tert-OH is 1. The van der Waals surface area contributed by atoms with E-state index < -0.39 is 21.0 Å². The molecule has 7 nitrogen and oxygen atoms in total. The molecule has 0 aromatic heterocycles. The van der Waals surface area contributed by atoms with Crippen molar-refractivity contribution in [2.24, 2.45) is 0 Å². The molecule has 1 rings (SSSR count). The first-order chi connectivity index (χ1) is 8.40. The molecule has 0 aliphatic carbocycles. The number of methoxy groups -OCH3 is 1. The van der Waals surface area contributed by atoms with Crippen LogP contribution in [0.2, 0.25) is 0 Å². The average Bonchev–Trinajstić information content (AvgIpc) is 2.34. The summed E-state index contributed by atoms with van der Waals surface area (Å²) in [4.78, 5) is 10.6. The van der Waals surface area contributed by atoms with Crippen LogP contribution in [0, 0.1) is 0 Å². The van der Waals surface area contributed by atoms with E-state index >= 15 is 0 Å². The molecule has 0 heterocycles. The van der Waals surface area contributed by atoms with Crippen molar-refractivity contribution in [3.63, 3.8) is 0 Å². The van der Waals surface area contributed by atoms with Gasteiger partial charge in [-0.1, -0.05) is 0 Å². The second-order valence-corrected chi connectivity index (χ2v) is 4.53. The fraction of sp³-hybridized carbons (Fsp3) is 0.300. The number of hydrogen-bond donors (Lipinski definition) is 1. The van der Waals surface area contributed by atoms with Gasteiger partial charge in [0.15, 0.2) is 0 Å². The third-order valence-corrected chi connectivity index (χ3v) is 2.84. The largest absolute Gasteiger partial charge is 1.00 e. The van der Waals surface area contributed by atoms with E-state index in [-0.39, 0.29) is 75.9 Å². The number of benzene rings is 1. The van der Waals surface area contributed by atoms with Gasteiger partial charge < -0.3 is 19.1 Å². The van der Waals surface area contributed by atoms with Gasteiger partial charge in [-0.05, 0) is 18.2 Å². The van der Waals surface area contributed by atoms with E-state index in [1.807, 2.05) is 0 Å². The maximum absolute atomic E-state index is 11.2. The molecule has 0 fully saturated rings. The number of esters is 1. The van der Waals surface area contributed by atoms with Crippen LogP contribution < -0.4 is 56.1 Å². The number of hydrogen-bond acceptors (Lipinski definition) is 7. The van der Waals surface area contributed by atoms with E-state index in [1.165, 1.54) is 6.07 Å². The van der Waals surface area contributed by atoms with Crippen LogP contribution >= 0.6 is 0 Å². The second kappa shape index (κ2) is 8.32. The molecule has 0 saturated carbocycles. The van der Waals surface area contributed by atoms with Crippen LogP contribution in [0.1, 0.15) is 10.4 Å². The van der Waals surface area contributed by atoms with Gasteiger partial charge in [-0.3, -0.25) is 0 Å². The zero-order chi connectivity index (χ0) is 13.8. The predicted molar refractivity (Wildman–Crippen MR) is 58.3 cm³/mol. The van der Waals surface area contributed by atoms with E-state index in [0.29, 0.717) is 0 Å². The molecule has 0 amide bonds. The van der Waals surface area contributed by atoms with Crippen LogP contribution in [0.25, 0.3) is 0 Å². The molecule has 0 aliphatic heterocycles. The molecule has 0 bridgehead atoms. The molecule has 1 aromatic rings. The fourth-order valence-electron chi connectivity index (χ4n) is 1.22. The summed E-state index contributed by atoms with van der Waals surface area (Å²) < 4.78 is 42.4. The van der Waals surface area contributed by atoms with E-state index in [4.69, 9.17) is 9.84 Å². The molecule has 0 saturated heterocycles. The van der Waals surface area contributed by atoms with Crippen LogP contribution in [0.5, 0.6) is 5.75 Å². The summed E-state index contributed by atoms with van der Waals surface area (Å²) in [6.45, 7) is -0.503. The normalized spacial score (nSPS) is 10.5. The van der Waals surface area contributed by atoms with Crippen LogP contribution in [-0.4, -0.2) is 44.4 Å². The first-order valence-electron chi connectivity index (χ1n) is 4.82. The Morgan fingerprint density at radius 1 is 1.42 bits per heavy atom. The van der Waals surface area contributed by atoms with E-state index in [1.54, 1.807) is 0 Å². The molecule has 0 atom stereocenters. The van der Waals surface area contributed by atoms with Gasteiger partial charge in [0.1, 0.15) is 22.5 Å². The Morgan fingerprint density at radius 2 is 2.05 bits per heavy atom. The number of carbonyl (C=O) groups excluding carboxylic acids is 1. The third-order valence-electron chi connectivity index (χ3n) is 1.98. The topological polar surface area (TPSA) is 113 Å². The average molecular weight is 314 g/mol. The molecular formula is C10H11KO7S. The first kappa shape index (κ1) is 19.0. The number of rotatable bonds is 5. The molecule has 0 aliphatic rings. The van der Waals surface area contributed by atoms with Gasteiger partial charge in [-0.2, -0.15) is 0 Å². The van der Waals surface area contributed by atoms with Crippen molar-refractivity contribution >= 4 is 16.1 Å². The van der Waals surface area contributed by atoms with Crippen molar-refractivity contribution in [2.45, 2.75) is 4.90 Å². The molecule has 1 aromatic carbocycles. The van der Waals surface area contributed by atoms with Crippen LogP contribution in [0.15, 0.2) is 23.1 Å². The van der Waals surface area contributed by atoms with Crippen LogP contribution in [0.4, 0.5) is 0 Å². The zero-order valence-electron chi connectivity index (χ0n) is 10.5. The van der Waals surface area contributed by atoms with Gasteiger partial charge in [0.2, 0.25) is 0 Å². The quantitative estimate of drug-likeness (QED) is 0.345. The molecule has 9 heteroatoms. The Bertz CT molecular complexity index is 541. The monoisotopic (exact) mass is 314 g/mol. The maximum Gasteiger partial charge on any atom is 1.00 e. The first-order valence-corrected chi connectivity index (χ1v) is 6.23. The maximum atomic E-state index is 11.2. The summed E-state index contributed by atoms with van der Waals surface area (Å²) in [7, 11) is -3.66. The van der Waals surface area contributed by atoms with E-state index in [9.17, 15) is 17.8 Å². The molecule has 100 valence electrons. The Morgan fingerprint density at radius 3 is 2.53 bits per heavy atom. The standard InChI is InChI=1S/C10H12O7S.K/c1-16-10(12)7-2-3-8(17-5-4-11)9(6-7)18(13,14)15;/h2-3,6,11H,4-5H2,1H3,(H,13,14,15);/q;+1/p-1. The summed E-state index contributed by atoms with van der Waals surface area (Å²) in [6.07, 6.45) is 0. The van der Waals surface area contributed by atoms with Crippen molar-refractivity contribution < 1.29 is 83.7 Å². The number of carbonyl (C=O) groups is 1. The molecule has 1 N–H and O–H groups in total. The van der Waals surface area contributed by atoms with Gasteiger partial charge in [-0.15, -0.1) is 0 Å². The van der Waals surface area contributed by atoms with Crippen LogP contribution in [0.3, 0.4) is 0 Å². The summed E-state index contributed by atoms with van der Waals surface area (Å²) in [5.41, 5.74) is -0.0803. The van der Waals surface area contributed by atoms with Crippen molar-refractivity contribution in [1.29, 1.82) is 0 Å². The number of ether oxygens (including phenoxy) is 2. The zero-order valence-corrected chi connectivity index (χ0v) is 14.4. The van der Waals surface area contributed by atoms with Gasteiger partial charge in [0, 0.05) is 0 Å². The molecule has 19 heavy (non-hydrogen) atoms. The summed E-state index contributed by atoms with van der Waals surface area (Å²) in [5, 5.41) is 8.58. The predicted octanol–water partition coefficient (Wildman–Crippen LogP) is -3.25. The minimum atomic E-state index is -4.79. The Kier molecular flexibility index (Phi) is 8.32. The van der Waals surface area contributed by atoms with E-state index in [0.717, 1.165) is 19.2 Å². The van der Waals surface area contributed by atoms with Crippen LogP contribution in [-0.2, 0) is 14.9 Å². The minimum Gasteiger partial charge on any atom is -0.744 e. The number of aliphatic hydroxyl groups is 1. The van der Waals surface area contributed by atoms with Crippen molar-refractivity contribution in [1.82, 2.24) is 0 Å². The molecule has 0 spiro atoms. The summed E-state index contributed by atoms with van der Waals surface area (Å²) >= 11 is 0. The molecule has 0 radical (unpaired) electrons. The minimum absolute atomic E-state index is 0. The smallest absolute Gasteiger partial charge is 0.744 e. The summed E-state index contributed by atoms with van der Waals surface area (Å²) in [6, 6.07) is 3.29. The Hall–Kier alpha value is -0.00364. The Balaban J connectivity index is 0.00000324. The summed E-state index contributed by atoms with van der Waals surface area (Å²) in [5.74, 6) is -0.986. The van der Waals surface area contributed by atoms with Gasteiger partial charge in [0.25, 0.3) is 0 Å². The Labute approximate surface area is 153 Å². The van der Waals surface area contributed by atoms with E-state index in [2.05, 4.69) is 4.74 Å². The molecular weight excluding hydrogens is 303 g/mol. The van der Waals surface area contributed by atoms with Crippen molar-refractivity contribution in [2.75, 3.05) is 20.3 Å². The SMILES string of the molecule is COC(=O)c1ccc(OCCO)c(S(=O)(=O)[O-])c1.[K+]. The van der Waals surface area contributed by atoms with Gasteiger partial charge >= 0.3 is 57.4 Å². The third kappa shape index (κ3) is 5.48. The van der Waals surface area contributed by atoms with Crippen molar-refractivity contribution in [3.05, 3.63) is 23.8 Å². The molecule has 0 unspecified atom stereocenters.